The molecule has 1 N–H and O–H groups in total. The van der Waals surface area contributed by atoms with Gasteiger partial charge in [-0.05, 0) is 24.5 Å². The van der Waals surface area contributed by atoms with Gasteiger partial charge >= 0.3 is 0 Å². The van der Waals surface area contributed by atoms with E-state index in [1.54, 1.807) is 11.3 Å². The highest BCUT2D eigenvalue weighted by atomic mass is 32.1. The second kappa shape index (κ2) is 6.69. The van der Waals surface area contributed by atoms with E-state index in [-0.39, 0.29) is 0 Å². The van der Waals surface area contributed by atoms with E-state index >= 15 is 0 Å². The molecule has 21 heavy (non-hydrogen) atoms. The standard InChI is InChI=1S/C17H23N3S/c1-3-14-4-6-15(7-5-14)16-10-18-8-9-20(16)11-17-19-13(2)12-21-17/h4-7,12,16,18H,3,8-11H2,1-2H3. The first kappa shape index (κ1) is 14.7. The maximum Gasteiger partial charge on any atom is 0.107 e. The molecule has 1 atom stereocenters. The van der Waals surface area contributed by atoms with Crippen molar-refractivity contribution in [2.45, 2.75) is 32.9 Å². The quantitative estimate of drug-likeness (QED) is 0.940. The molecule has 0 aliphatic carbocycles. The Balaban J connectivity index is 1.76. The number of piperazine rings is 1. The highest BCUT2D eigenvalue weighted by Gasteiger charge is 2.24. The minimum Gasteiger partial charge on any atom is -0.314 e. The maximum absolute atomic E-state index is 4.62. The number of thiazole rings is 1. The highest BCUT2D eigenvalue weighted by molar-refractivity contribution is 7.09. The molecule has 0 bridgehead atoms. The predicted molar refractivity (Wildman–Crippen MR) is 88.7 cm³/mol. The van der Waals surface area contributed by atoms with E-state index in [0.29, 0.717) is 6.04 Å². The topological polar surface area (TPSA) is 28.2 Å². The van der Waals surface area contributed by atoms with Crippen molar-refractivity contribution in [2.24, 2.45) is 0 Å². The maximum atomic E-state index is 4.62. The van der Waals surface area contributed by atoms with Crippen LogP contribution in [0.4, 0.5) is 0 Å². The average molecular weight is 301 g/mol. The second-order valence-electron chi connectivity index (χ2n) is 5.67. The van der Waals surface area contributed by atoms with Crippen molar-refractivity contribution < 1.29 is 0 Å². The van der Waals surface area contributed by atoms with Gasteiger partial charge in [0.1, 0.15) is 5.01 Å². The SMILES string of the molecule is CCc1ccc(C2CNCCN2Cc2nc(C)cs2)cc1. The van der Waals surface area contributed by atoms with E-state index in [4.69, 9.17) is 0 Å². The van der Waals surface area contributed by atoms with E-state index in [1.807, 2.05) is 0 Å². The number of hydrogen-bond acceptors (Lipinski definition) is 4. The van der Waals surface area contributed by atoms with Crippen LogP contribution in [0.5, 0.6) is 0 Å². The summed E-state index contributed by atoms with van der Waals surface area (Å²) in [4.78, 5) is 7.17. The summed E-state index contributed by atoms with van der Waals surface area (Å²) < 4.78 is 0. The van der Waals surface area contributed by atoms with Gasteiger partial charge in [0.2, 0.25) is 0 Å². The Hall–Kier alpha value is -1.23. The number of nitrogens with one attached hydrogen (secondary N) is 1. The molecule has 3 nitrogen and oxygen atoms in total. The van der Waals surface area contributed by atoms with Crippen molar-refractivity contribution in [2.75, 3.05) is 19.6 Å². The summed E-state index contributed by atoms with van der Waals surface area (Å²) in [7, 11) is 0. The lowest BCUT2D eigenvalue weighted by molar-refractivity contribution is 0.153. The molecule has 1 saturated heterocycles. The molecule has 1 aliphatic heterocycles. The third-order valence-corrected chi connectivity index (χ3v) is 5.08. The van der Waals surface area contributed by atoms with Gasteiger partial charge in [0.05, 0.1) is 6.54 Å². The van der Waals surface area contributed by atoms with Gasteiger partial charge in [0.25, 0.3) is 0 Å². The first-order valence-corrected chi connectivity index (χ1v) is 8.59. The molecule has 0 amide bonds. The fraction of sp³-hybridized carbons (Fsp3) is 0.471. The molecule has 1 unspecified atom stereocenters. The molecule has 2 heterocycles. The molecular formula is C17H23N3S. The lowest BCUT2D eigenvalue weighted by atomic mass is 10.0. The van der Waals surface area contributed by atoms with E-state index in [0.717, 1.165) is 38.3 Å². The molecule has 112 valence electrons. The Morgan fingerprint density at radius 3 is 2.81 bits per heavy atom. The van der Waals surface area contributed by atoms with Crippen LogP contribution in [0.1, 0.15) is 34.8 Å². The Labute approximate surface area is 131 Å². The largest absolute Gasteiger partial charge is 0.314 e. The first-order chi connectivity index (χ1) is 10.3. The lowest BCUT2D eigenvalue weighted by Gasteiger charge is -2.36. The molecule has 0 saturated carbocycles. The van der Waals surface area contributed by atoms with Gasteiger partial charge in [0, 0.05) is 36.8 Å². The fourth-order valence-electron chi connectivity index (χ4n) is 2.89. The number of aromatic nitrogens is 1. The van der Waals surface area contributed by atoms with Gasteiger partial charge in [-0.1, -0.05) is 31.2 Å². The monoisotopic (exact) mass is 301 g/mol. The van der Waals surface area contributed by atoms with Crippen LogP contribution >= 0.6 is 11.3 Å². The van der Waals surface area contributed by atoms with Crippen molar-refractivity contribution >= 4 is 11.3 Å². The van der Waals surface area contributed by atoms with Crippen LogP contribution in [0.2, 0.25) is 0 Å². The van der Waals surface area contributed by atoms with Crippen LogP contribution in [0.15, 0.2) is 29.6 Å². The summed E-state index contributed by atoms with van der Waals surface area (Å²) in [5.41, 5.74) is 3.95. The molecule has 4 heteroatoms. The summed E-state index contributed by atoms with van der Waals surface area (Å²) >= 11 is 1.77. The molecule has 1 aromatic heterocycles. The zero-order valence-corrected chi connectivity index (χ0v) is 13.6. The van der Waals surface area contributed by atoms with Crippen LogP contribution in [0.3, 0.4) is 0 Å². The molecule has 3 rings (SSSR count). The molecular weight excluding hydrogens is 278 g/mol. The molecule has 1 aromatic carbocycles. The van der Waals surface area contributed by atoms with Gasteiger partial charge in [0.15, 0.2) is 0 Å². The minimum atomic E-state index is 0.453. The summed E-state index contributed by atoms with van der Waals surface area (Å²) in [5, 5.41) is 6.89. The number of hydrogen-bond donors (Lipinski definition) is 1. The van der Waals surface area contributed by atoms with Crippen molar-refractivity contribution in [3.8, 4) is 0 Å². The molecule has 1 fully saturated rings. The van der Waals surface area contributed by atoms with Crippen molar-refractivity contribution in [3.05, 3.63) is 51.5 Å². The minimum absolute atomic E-state index is 0.453. The number of aryl methyl sites for hydroxylation is 2. The van der Waals surface area contributed by atoms with Gasteiger partial charge in [-0.3, -0.25) is 4.90 Å². The summed E-state index contributed by atoms with van der Waals surface area (Å²) in [5.74, 6) is 0. The summed E-state index contributed by atoms with van der Waals surface area (Å²) in [6.07, 6.45) is 1.10. The zero-order valence-electron chi connectivity index (χ0n) is 12.8. The lowest BCUT2D eigenvalue weighted by Crippen LogP contribution is -2.45. The van der Waals surface area contributed by atoms with Gasteiger partial charge in [-0.15, -0.1) is 11.3 Å². The third-order valence-electron chi connectivity index (χ3n) is 4.13. The van der Waals surface area contributed by atoms with Crippen molar-refractivity contribution in [1.82, 2.24) is 15.2 Å². The Kier molecular flexibility index (Phi) is 4.68. The normalized spacial score (nSPS) is 19.8. The van der Waals surface area contributed by atoms with Crippen LogP contribution < -0.4 is 5.32 Å². The number of nitrogens with zero attached hydrogens (tertiary/aromatic N) is 2. The number of benzene rings is 1. The molecule has 0 spiro atoms. The van der Waals surface area contributed by atoms with Gasteiger partial charge in [-0.2, -0.15) is 0 Å². The van der Waals surface area contributed by atoms with E-state index < -0.39 is 0 Å². The van der Waals surface area contributed by atoms with Gasteiger partial charge in [-0.25, -0.2) is 4.98 Å². The van der Waals surface area contributed by atoms with E-state index in [2.05, 4.69) is 58.7 Å². The van der Waals surface area contributed by atoms with Crippen LogP contribution in [-0.4, -0.2) is 29.5 Å². The first-order valence-electron chi connectivity index (χ1n) is 7.71. The Morgan fingerprint density at radius 2 is 2.14 bits per heavy atom. The molecule has 2 aromatic rings. The molecule has 1 aliphatic rings. The predicted octanol–water partition coefficient (Wildman–Crippen LogP) is 3.16. The van der Waals surface area contributed by atoms with Crippen LogP contribution in [-0.2, 0) is 13.0 Å². The van der Waals surface area contributed by atoms with Crippen molar-refractivity contribution in [1.29, 1.82) is 0 Å². The van der Waals surface area contributed by atoms with Crippen LogP contribution in [0.25, 0.3) is 0 Å². The molecule has 0 radical (unpaired) electrons. The smallest absolute Gasteiger partial charge is 0.107 e. The summed E-state index contributed by atoms with van der Waals surface area (Å²) in [6, 6.07) is 9.55. The third kappa shape index (κ3) is 3.51. The van der Waals surface area contributed by atoms with Crippen LogP contribution in [0, 0.1) is 6.92 Å². The van der Waals surface area contributed by atoms with E-state index in [9.17, 15) is 0 Å². The average Bonchev–Trinajstić information content (AvgIpc) is 2.93. The number of rotatable bonds is 4. The zero-order chi connectivity index (χ0) is 14.7. The van der Waals surface area contributed by atoms with E-state index in [1.165, 1.54) is 16.1 Å². The highest BCUT2D eigenvalue weighted by Crippen LogP contribution is 2.25. The Morgan fingerprint density at radius 1 is 1.33 bits per heavy atom. The van der Waals surface area contributed by atoms with Gasteiger partial charge < -0.3 is 5.32 Å². The Bertz CT molecular complexity index is 576. The second-order valence-corrected chi connectivity index (χ2v) is 6.61. The van der Waals surface area contributed by atoms with Crippen molar-refractivity contribution in [3.63, 3.8) is 0 Å². The summed E-state index contributed by atoms with van der Waals surface area (Å²) in [6.45, 7) is 8.40. The fourth-order valence-corrected chi connectivity index (χ4v) is 3.69.